The van der Waals surface area contributed by atoms with Gasteiger partial charge in [-0.05, 0) is 30.2 Å². The number of halogens is 2. The van der Waals surface area contributed by atoms with Crippen molar-refractivity contribution in [2.75, 3.05) is 10.6 Å². The van der Waals surface area contributed by atoms with Gasteiger partial charge in [0.1, 0.15) is 0 Å². The maximum absolute atomic E-state index is 13.2. The van der Waals surface area contributed by atoms with Crippen molar-refractivity contribution in [1.29, 1.82) is 0 Å². The van der Waals surface area contributed by atoms with E-state index >= 15 is 0 Å². The lowest BCUT2D eigenvalue weighted by molar-refractivity contribution is 0.102. The Morgan fingerprint density at radius 2 is 1.77 bits per heavy atom. The topological polar surface area (TPSA) is 66.9 Å². The molecular formula is C19H16F2N4O. The molecule has 26 heavy (non-hydrogen) atoms. The Labute approximate surface area is 149 Å². The predicted octanol–water partition coefficient (Wildman–Crippen LogP) is 4.31. The highest BCUT2D eigenvalue weighted by molar-refractivity contribution is 6.03. The molecule has 1 amide bonds. The Morgan fingerprint density at radius 1 is 1.04 bits per heavy atom. The molecule has 0 fully saturated rings. The number of aromatic nitrogens is 2. The zero-order valence-electron chi connectivity index (χ0n) is 14.0. The first kappa shape index (κ1) is 17.5. The summed E-state index contributed by atoms with van der Waals surface area (Å²) in [4.78, 5) is 20.4. The van der Waals surface area contributed by atoms with E-state index in [4.69, 9.17) is 0 Å². The van der Waals surface area contributed by atoms with Gasteiger partial charge in [0.05, 0.1) is 5.56 Å². The first-order chi connectivity index (χ1) is 12.6. The van der Waals surface area contributed by atoms with Gasteiger partial charge in [0, 0.05) is 29.8 Å². The molecule has 1 heterocycles. The molecule has 0 aliphatic rings. The van der Waals surface area contributed by atoms with Crippen molar-refractivity contribution >= 4 is 23.2 Å². The molecule has 0 unspecified atom stereocenters. The van der Waals surface area contributed by atoms with Crippen LogP contribution in [0.3, 0.4) is 0 Å². The van der Waals surface area contributed by atoms with Gasteiger partial charge in [-0.2, -0.15) is 0 Å². The quantitative estimate of drug-likeness (QED) is 0.716. The van der Waals surface area contributed by atoms with Crippen molar-refractivity contribution in [2.24, 2.45) is 0 Å². The van der Waals surface area contributed by atoms with Crippen LogP contribution in [0.15, 0.2) is 54.9 Å². The second kappa shape index (κ2) is 7.69. The van der Waals surface area contributed by atoms with Gasteiger partial charge in [-0.25, -0.2) is 18.7 Å². The summed E-state index contributed by atoms with van der Waals surface area (Å²) in [5.41, 5.74) is 2.36. The highest BCUT2D eigenvalue weighted by Crippen LogP contribution is 2.19. The number of amides is 1. The fourth-order valence-corrected chi connectivity index (χ4v) is 2.36. The molecule has 5 nitrogen and oxygen atoms in total. The summed E-state index contributed by atoms with van der Waals surface area (Å²) in [5.74, 6) is -2.17. The van der Waals surface area contributed by atoms with E-state index in [1.54, 1.807) is 0 Å². The number of aryl methyl sites for hydroxylation is 1. The van der Waals surface area contributed by atoms with Gasteiger partial charge < -0.3 is 10.6 Å². The van der Waals surface area contributed by atoms with Crippen LogP contribution in [0.25, 0.3) is 0 Å². The van der Waals surface area contributed by atoms with Crippen molar-refractivity contribution in [3.8, 4) is 0 Å². The molecule has 0 bridgehead atoms. The minimum absolute atomic E-state index is 0.146. The molecule has 7 heteroatoms. The minimum Gasteiger partial charge on any atom is -0.324 e. The van der Waals surface area contributed by atoms with Crippen LogP contribution in [0.2, 0.25) is 0 Å². The van der Waals surface area contributed by atoms with E-state index in [2.05, 4.69) is 20.6 Å². The molecule has 1 aromatic heterocycles. The van der Waals surface area contributed by atoms with Crippen LogP contribution in [0.4, 0.5) is 26.1 Å². The fraction of sp³-hybridized carbons (Fsp3) is 0.105. The third-order valence-electron chi connectivity index (χ3n) is 3.74. The molecule has 0 aliphatic carbocycles. The Morgan fingerprint density at radius 3 is 2.46 bits per heavy atom. The summed E-state index contributed by atoms with van der Waals surface area (Å²) in [6.07, 6.45) is 3.58. The van der Waals surface area contributed by atoms with Crippen LogP contribution >= 0.6 is 0 Å². The number of para-hydroxylation sites is 1. The Hall–Kier alpha value is -3.35. The molecular weight excluding hydrogens is 338 g/mol. The smallest absolute Gasteiger partial charge is 0.258 e. The van der Waals surface area contributed by atoms with Gasteiger partial charge in [-0.3, -0.25) is 4.79 Å². The SMILES string of the molecule is CCc1ccccc1Nc1ncc(C(=O)Nc2ccc(F)c(F)c2)cn1. The number of nitrogens with one attached hydrogen (secondary N) is 2. The third-order valence-corrected chi connectivity index (χ3v) is 3.74. The standard InChI is InChI=1S/C19H16F2N4O/c1-2-12-5-3-4-6-17(12)25-19-22-10-13(11-23-19)18(26)24-14-7-8-15(20)16(21)9-14/h3-11H,2H2,1H3,(H,24,26)(H,22,23,25). The highest BCUT2D eigenvalue weighted by Gasteiger charge is 2.10. The average molecular weight is 354 g/mol. The number of nitrogens with zero attached hydrogens (tertiary/aromatic N) is 2. The number of hydrogen-bond acceptors (Lipinski definition) is 4. The van der Waals surface area contributed by atoms with Crippen LogP contribution in [0.5, 0.6) is 0 Å². The van der Waals surface area contributed by atoms with E-state index in [-0.39, 0.29) is 11.3 Å². The average Bonchev–Trinajstić information content (AvgIpc) is 2.66. The predicted molar refractivity (Wildman–Crippen MR) is 95.4 cm³/mol. The van der Waals surface area contributed by atoms with Crippen molar-refractivity contribution in [3.05, 3.63) is 77.6 Å². The first-order valence-electron chi connectivity index (χ1n) is 8.00. The van der Waals surface area contributed by atoms with E-state index in [1.165, 1.54) is 18.5 Å². The molecule has 0 spiro atoms. The molecule has 0 saturated carbocycles. The molecule has 0 radical (unpaired) electrons. The zero-order chi connectivity index (χ0) is 18.5. The van der Waals surface area contributed by atoms with Crippen LogP contribution in [-0.2, 0) is 6.42 Å². The van der Waals surface area contributed by atoms with Crippen LogP contribution in [0.1, 0.15) is 22.8 Å². The summed E-state index contributed by atoms with van der Waals surface area (Å²) >= 11 is 0. The van der Waals surface area contributed by atoms with Gasteiger partial charge in [0.15, 0.2) is 11.6 Å². The lowest BCUT2D eigenvalue weighted by Gasteiger charge is -2.10. The van der Waals surface area contributed by atoms with E-state index in [0.717, 1.165) is 29.8 Å². The largest absolute Gasteiger partial charge is 0.324 e. The molecule has 2 aromatic carbocycles. The molecule has 3 rings (SSSR count). The number of carbonyl (C=O) groups is 1. The van der Waals surface area contributed by atoms with Gasteiger partial charge in [-0.1, -0.05) is 25.1 Å². The van der Waals surface area contributed by atoms with Crippen molar-refractivity contribution in [3.63, 3.8) is 0 Å². The number of anilines is 3. The molecule has 0 atom stereocenters. The van der Waals surface area contributed by atoms with Crippen molar-refractivity contribution in [1.82, 2.24) is 9.97 Å². The molecule has 0 aliphatic heterocycles. The van der Waals surface area contributed by atoms with Gasteiger partial charge in [-0.15, -0.1) is 0 Å². The molecule has 132 valence electrons. The number of benzene rings is 2. The molecule has 0 saturated heterocycles. The maximum atomic E-state index is 13.2. The van der Waals surface area contributed by atoms with Crippen molar-refractivity contribution < 1.29 is 13.6 Å². The summed E-state index contributed by atoms with van der Waals surface area (Å²) in [7, 11) is 0. The third kappa shape index (κ3) is 4.00. The van der Waals surface area contributed by atoms with Crippen LogP contribution in [0, 0.1) is 11.6 Å². The summed E-state index contributed by atoms with van der Waals surface area (Å²) in [6, 6.07) is 10.9. The first-order valence-corrected chi connectivity index (χ1v) is 8.00. The lowest BCUT2D eigenvalue weighted by atomic mass is 10.1. The second-order valence-corrected chi connectivity index (χ2v) is 5.51. The molecule has 2 N–H and O–H groups in total. The van der Waals surface area contributed by atoms with Crippen LogP contribution in [-0.4, -0.2) is 15.9 Å². The van der Waals surface area contributed by atoms with Crippen LogP contribution < -0.4 is 10.6 Å². The Bertz CT molecular complexity index is 929. The fourth-order valence-electron chi connectivity index (χ4n) is 2.36. The highest BCUT2D eigenvalue weighted by atomic mass is 19.2. The molecule has 3 aromatic rings. The van der Waals surface area contributed by atoms with Gasteiger partial charge >= 0.3 is 0 Å². The van der Waals surface area contributed by atoms with E-state index < -0.39 is 17.5 Å². The summed E-state index contributed by atoms with van der Waals surface area (Å²) < 4.78 is 26.1. The monoisotopic (exact) mass is 354 g/mol. The maximum Gasteiger partial charge on any atom is 0.258 e. The second-order valence-electron chi connectivity index (χ2n) is 5.51. The minimum atomic E-state index is -1.03. The summed E-state index contributed by atoms with van der Waals surface area (Å²) in [6.45, 7) is 2.05. The van der Waals surface area contributed by atoms with E-state index in [9.17, 15) is 13.6 Å². The lowest BCUT2D eigenvalue weighted by Crippen LogP contribution is -2.13. The summed E-state index contributed by atoms with van der Waals surface area (Å²) in [5, 5.41) is 5.58. The zero-order valence-corrected chi connectivity index (χ0v) is 14.0. The van der Waals surface area contributed by atoms with E-state index in [0.29, 0.717) is 5.95 Å². The number of hydrogen-bond donors (Lipinski definition) is 2. The number of rotatable bonds is 5. The Kier molecular flexibility index (Phi) is 5.17. The van der Waals surface area contributed by atoms with Gasteiger partial charge in [0.25, 0.3) is 5.91 Å². The normalized spacial score (nSPS) is 10.4. The Balaban J connectivity index is 1.70. The van der Waals surface area contributed by atoms with E-state index in [1.807, 2.05) is 31.2 Å². The van der Waals surface area contributed by atoms with Crippen molar-refractivity contribution in [2.45, 2.75) is 13.3 Å². The number of carbonyl (C=O) groups excluding carboxylic acids is 1. The van der Waals surface area contributed by atoms with Gasteiger partial charge in [0.2, 0.25) is 5.95 Å².